The van der Waals surface area contributed by atoms with Gasteiger partial charge < -0.3 is 24.4 Å². The lowest BCUT2D eigenvalue weighted by atomic mass is 10.2. The second-order valence-electron chi connectivity index (χ2n) is 5.39. The molecule has 8 nitrogen and oxygen atoms in total. The highest BCUT2D eigenvalue weighted by atomic mass is 16.5. The number of hydrogen-bond donors (Lipinski definition) is 1. The molecular weight excluding hydrogens is 324 g/mol. The molecule has 1 aliphatic heterocycles. The summed E-state index contributed by atoms with van der Waals surface area (Å²) in [6, 6.07) is 5.38. The Morgan fingerprint density at radius 1 is 1.16 bits per heavy atom. The number of ether oxygens (including phenoxy) is 3. The Labute approximate surface area is 145 Å². The van der Waals surface area contributed by atoms with Crippen LogP contribution in [-0.4, -0.2) is 61.3 Å². The average Bonchev–Trinajstić information content (AvgIpc) is 2.69. The molecule has 0 atom stereocenters. The molecule has 1 saturated heterocycles. The Bertz CT molecular complexity index is 730. The highest BCUT2D eigenvalue weighted by Crippen LogP contribution is 2.30. The Morgan fingerprint density at radius 2 is 1.88 bits per heavy atom. The monoisotopic (exact) mass is 344 g/mol. The van der Waals surface area contributed by atoms with Crippen LogP contribution in [0.3, 0.4) is 0 Å². The van der Waals surface area contributed by atoms with E-state index in [-0.39, 0.29) is 5.91 Å². The van der Waals surface area contributed by atoms with Gasteiger partial charge in [0.05, 0.1) is 38.7 Å². The summed E-state index contributed by atoms with van der Waals surface area (Å²) in [6.45, 7) is 2.29. The molecule has 1 amide bonds. The van der Waals surface area contributed by atoms with Gasteiger partial charge in [-0.25, -0.2) is 9.97 Å². The van der Waals surface area contributed by atoms with Gasteiger partial charge in [0.1, 0.15) is 11.5 Å². The minimum atomic E-state index is -0.0862. The minimum Gasteiger partial charge on any atom is -0.497 e. The van der Waals surface area contributed by atoms with Crippen molar-refractivity contribution in [3.63, 3.8) is 0 Å². The fraction of sp³-hybridized carbons (Fsp3) is 0.353. The normalized spacial score (nSPS) is 14.1. The zero-order valence-electron chi connectivity index (χ0n) is 14.2. The summed E-state index contributed by atoms with van der Waals surface area (Å²) in [5.74, 6) is 1.59. The Kier molecular flexibility index (Phi) is 5.30. The van der Waals surface area contributed by atoms with E-state index < -0.39 is 0 Å². The molecule has 0 spiro atoms. The lowest BCUT2D eigenvalue weighted by molar-refractivity contribution is 0.0302. The standard InChI is InChI=1S/C17H20N4O4/c1-23-13-3-4-14(15(9-13)24-2)20-17-18-10-12(11-19-17)16(22)21-5-7-25-8-6-21/h3-4,9-11H,5-8H2,1-2H3,(H,18,19,20). The summed E-state index contributed by atoms with van der Waals surface area (Å²) in [5.41, 5.74) is 1.16. The van der Waals surface area contributed by atoms with Crippen molar-refractivity contribution >= 4 is 17.5 Å². The van der Waals surface area contributed by atoms with Crippen LogP contribution in [0.4, 0.5) is 11.6 Å². The Morgan fingerprint density at radius 3 is 2.52 bits per heavy atom. The second-order valence-corrected chi connectivity index (χ2v) is 5.39. The van der Waals surface area contributed by atoms with Gasteiger partial charge in [-0.2, -0.15) is 0 Å². The van der Waals surface area contributed by atoms with Crippen LogP contribution in [0.5, 0.6) is 11.5 Å². The number of carbonyl (C=O) groups excluding carboxylic acids is 1. The predicted octanol–water partition coefficient (Wildman–Crippen LogP) is 1.71. The van der Waals surface area contributed by atoms with E-state index >= 15 is 0 Å². The van der Waals surface area contributed by atoms with Crippen molar-refractivity contribution in [1.82, 2.24) is 14.9 Å². The molecule has 2 heterocycles. The van der Waals surface area contributed by atoms with Crippen molar-refractivity contribution in [1.29, 1.82) is 0 Å². The van der Waals surface area contributed by atoms with Crippen LogP contribution in [0.1, 0.15) is 10.4 Å². The first kappa shape index (κ1) is 17.0. The number of amides is 1. The Balaban J connectivity index is 1.71. The maximum atomic E-state index is 12.4. The van der Waals surface area contributed by atoms with Crippen LogP contribution in [0.15, 0.2) is 30.6 Å². The fourth-order valence-corrected chi connectivity index (χ4v) is 2.47. The summed E-state index contributed by atoms with van der Waals surface area (Å²) in [7, 11) is 3.17. The summed E-state index contributed by atoms with van der Waals surface area (Å²) >= 11 is 0. The van der Waals surface area contributed by atoms with E-state index in [9.17, 15) is 4.79 Å². The molecular formula is C17H20N4O4. The van der Waals surface area contributed by atoms with Gasteiger partial charge in [-0.05, 0) is 12.1 Å². The van der Waals surface area contributed by atoms with Gasteiger partial charge in [-0.1, -0.05) is 0 Å². The third-order valence-electron chi connectivity index (χ3n) is 3.85. The van der Waals surface area contributed by atoms with E-state index in [2.05, 4.69) is 15.3 Å². The van der Waals surface area contributed by atoms with Crippen molar-refractivity contribution in [3.05, 3.63) is 36.2 Å². The van der Waals surface area contributed by atoms with Gasteiger partial charge in [0.15, 0.2) is 0 Å². The van der Waals surface area contributed by atoms with E-state index in [0.29, 0.717) is 55.0 Å². The van der Waals surface area contributed by atoms with Crippen molar-refractivity contribution in [2.24, 2.45) is 0 Å². The number of nitrogens with one attached hydrogen (secondary N) is 1. The number of anilines is 2. The molecule has 8 heteroatoms. The molecule has 1 aliphatic rings. The van der Waals surface area contributed by atoms with Gasteiger partial charge in [0.2, 0.25) is 5.95 Å². The molecule has 132 valence electrons. The van der Waals surface area contributed by atoms with E-state index in [1.807, 2.05) is 6.07 Å². The fourth-order valence-electron chi connectivity index (χ4n) is 2.47. The zero-order chi connectivity index (χ0) is 17.6. The van der Waals surface area contributed by atoms with Crippen LogP contribution in [-0.2, 0) is 4.74 Å². The molecule has 1 aromatic heterocycles. The molecule has 1 N–H and O–H groups in total. The summed E-state index contributed by atoms with van der Waals surface area (Å²) < 4.78 is 15.8. The Hall–Kier alpha value is -2.87. The summed E-state index contributed by atoms with van der Waals surface area (Å²) in [4.78, 5) is 22.6. The highest BCUT2D eigenvalue weighted by molar-refractivity contribution is 5.93. The topological polar surface area (TPSA) is 85.8 Å². The molecule has 25 heavy (non-hydrogen) atoms. The van der Waals surface area contributed by atoms with E-state index in [1.165, 1.54) is 12.4 Å². The van der Waals surface area contributed by atoms with Crippen molar-refractivity contribution < 1.29 is 19.0 Å². The molecule has 1 fully saturated rings. The van der Waals surface area contributed by atoms with E-state index in [0.717, 1.165) is 0 Å². The maximum absolute atomic E-state index is 12.4. The maximum Gasteiger partial charge on any atom is 0.257 e. The van der Waals surface area contributed by atoms with Crippen LogP contribution < -0.4 is 14.8 Å². The number of carbonyl (C=O) groups is 1. The minimum absolute atomic E-state index is 0.0862. The van der Waals surface area contributed by atoms with E-state index in [1.54, 1.807) is 31.3 Å². The van der Waals surface area contributed by atoms with Crippen molar-refractivity contribution in [2.75, 3.05) is 45.8 Å². The number of morpholine rings is 1. The van der Waals surface area contributed by atoms with Gasteiger partial charge >= 0.3 is 0 Å². The predicted molar refractivity (Wildman–Crippen MR) is 91.6 cm³/mol. The third-order valence-corrected chi connectivity index (χ3v) is 3.85. The first-order valence-electron chi connectivity index (χ1n) is 7.89. The van der Waals surface area contributed by atoms with Crippen LogP contribution in [0.25, 0.3) is 0 Å². The molecule has 0 bridgehead atoms. The number of aromatic nitrogens is 2. The lowest BCUT2D eigenvalue weighted by Crippen LogP contribution is -2.40. The van der Waals surface area contributed by atoms with Gasteiger partial charge in [0, 0.05) is 31.5 Å². The summed E-state index contributed by atoms with van der Waals surface area (Å²) in [5, 5.41) is 3.07. The van der Waals surface area contributed by atoms with Crippen LogP contribution >= 0.6 is 0 Å². The van der Waals surface area contributed by atoms with Gasteiger partial charge in [-0.15, -0.1) is 0 Å². The van der Waals surface area contributed by atoms with Crippen molar-refractivity contribution in [2.45, 2.75) is 0 Å². The average molecular weight is 344 g/mol. The summed E-state index contributed by atoms with van der Waals surface area (Å²) in [6.07, 6.45) is 3.03. The first-order valence-corrected chi connectivity index (χ1v) is 7.89. The SMILES string of the molecule is COc1ccc(Nc2ncc(C(=O)N3CCOCC3)cn2)c(OC)c1. The largest absolute Gasteiger partial charge is 0.497 e. The quantitative estimate of drug-likeness (QED) is 0.883. The third kappa shape index (κ3) is 3.97. The molecule has 0 aliphatic carbocycles. The van der Waals surface area contributed by atoms with Crippen LogP contribution in [0.2, 0.25) is 0 Å². The zero-order valence-corrected chi connectivity index (χ0v) is 14.2. The lowest BCUT2D eigenvalue weighted by Gasteiger charge is -2.26. The van der Waals surface area contributed by atoms with Gasteiger partial charge in [0.25, 0.3) is 5.91 Å². The number of nitrogens with zero attached hydrogens (tertiary/aromatic N) is 3. The van der Waals surface area contributed by atoms with Crippen LogP contribution in [0, 0.1) is 0 Å². The number of hydrogen-bond acceptors (Lipinski definition) is 7. The van der Waals surface area contributed by atoms with E-state index in [4.69, 9.17) is 14.2 Å². The number of benzene rings is 1. The first-order chi connectivity index (χ1) is 12.2. The molecule has 2 aromatic rings. The molecule has 3 rings (SSSR count). The molecule has 0 radical (unpaired) electrons. The number of methoxy groups -OCH3 is 2. The molecule has 1 aromatic carbocycles. The smallest absolute Gasteiger partial charge is 0.257 e. The molecule has 0 saturated carbocycles. The number of rotatable bonds is 5. The van der Waals surface area contributed by atoms with Gasteiger partial charge in [-0.3, -0.25) is 4.79 Å². The van der Waals surface area contributed by atoms with Crippen molar-refractivity contribution in [3.8, 4) is 11.5 Å². The highest BCUT2D eigenvalue weighted by Gasteiger charge is 2.19. The second kappa shape index (κ2) is 7.80. The molecule has 0 unspecified atom stereocenters.